The van der Waals surface area contributed by atoms with Crippen molar-refractivity contribution in [3.63, 3.8) is 0 Å². The summed E-state index contributed by atoms with van der Waals surface area (Å²) in [5.74, 6) is -9.87. The summed E-state index contributed by atoms with van der Waals surface area (Å²) in [7, 11) is 0. The first-order chi connectivity index (χ1) is 13.9. The maximum atomic E-state index is 13.6. The summed E-state index contributed by atoms with van der Waals surface area (Å²) >= 11 is 5.82. The highest BCUT2D eigenvalue weighted by Gasteiger charge is 2.25. The van der Waals surface area contributed by atoms with Gasteiger partial charge in [-0.1, -0.05) is 35.9 Å². The SMILES string of the molecule is Fc1c(F)c(F)c(N/N=C/c2cccc(OCc3ccc(Cl)cc3)c2)c(F)c1F. The van der Waals surface area contributed by atoms with E-state index in [9.17, 15) is 22.0 Å². The van der Waals surface area contributed by atoms with Crippen LogP contribution in [0.4, 0.5) is 27.6 Å². The fraction of sp³-hybridized carbons (Fsp3) is 0.0500. The predicted octanol–water partition coefficient (Wildman–Crippen LogP) is 6.06. The third-order valence-corrected chi connectivity index (χ3v) is 4.03. The topological polar surface area (TPSA) is 33.6 Å². The summed E-state index contributed by atoms with van der Waals surface area (Å²) in [5, 5.41) is 4.14. The van der Waals surface area contributed by atoms with Gasteiger partial charge in [-0.25, -0.2) is 22.0 Å². The maximum absolute atomic E-state index is 13.6. The summed E-state index contributed by atoms with van der Waals surface area (Å²) in [6.07, 6.45) is 1.15. The van der Waals surface area contributed by atoms with Crippen LogP contribution in [0, 0.1) is 29.1 Å². The van der Waals surface area contributed by atoms with Crippen LogP contribution >= 0.6 is 11.6 Å². The quantitative estimate of drug-likeness (QED) is 0.171. The monoisotopic (exact) mass is 426 g/mol. The van der Waals surface area contributed by atoms with Gasteiger partial charge in [-0.05, 0) is 35.4 Å². The fourth-order valence-electron chi connectivity index (χ4n) is 2.31. The molecule has 0 saturated carbocycles. The number of anilines is 1. The summed E-state index contributed by atoms with van der Waals surface area (Å²) < 4.78 is 72.2. The Morgan fingerprint density at radius 3 is 2.14 bits per heavy atom. The molecule has 0 amide bonds. The van der Waals surface area contributed by atoms with Crippen molar-refractivity contribution in [1.29, 1.82) is 0 Å². The average Bonchev–Trinajstić information content (AvgIpc) is 2.73. The van der Waals surface area contributed by atoms with E-state index in [1.54, 1.807) is 36.4 Å². The Kier molecular flexibility index (Phi) is 6.33. The Morgan fingerprint density at radius 1 is 0.862 bits per heavy atom. The summed E-state index contributed by atoms with van der Waals surface area (Å²) in [6.45, 7) is 0.278. The van der Waals surface area contributed by atoms with Crippen LogP contribution in [0.15, 0.2) is 53.6 Å². The van der Waals surface area contributed by atoms with Crippen LogP contribution in [0.2, 0.25) is 5.02 Å². The minimum absolute atomic E-state index is 0.278. The third kappa shape index (κ3) is 4.83. The molecule has 0 fully saturated rings. The molecule has 0 saturated heterocycles. The Labute approximate surface area is 167 Å². The van der Waals surface area contributed by atoms with Gasteiger partial charge in [0.15, 0.2) is 23.3 Å². The second-order valence-corrected chi connectivity index (χ2v) is 6.24. The van der Waals surface area contributed by atoms with E-state index < -0.39 is 34.8 Å². The van der Waals surface area contributed by atoms with E-state index >= 15 is 0 Å². The standard InChI is InChI=1S/C20H12ClF5N2O/c21-13-6-4-11(5-7-13)10-29-14-3-1-2-12(8-14)9-27-28-20-18(25)16(23)15(22)17(24)19(20)26/h1-9,28H,10H2/b27-9+. The van der Waals surface area contributed by atoms with Crippen LogP contribution < -0.4 is 10.2 Å². The largest absolute Gasteiger partial charge is 0.489 e. The van der Waals surface area contributed by atoms with Crippen molar-refractivity contribution in [1.82, 2.24) is 0 Å². The molecule has 0 aliphatic heterocycles. The zero-order valence-corrected chi connectivity index (χ0v) is 15.3. The molecule has 3 aromatic rings. The molecule has 150 valence electrons. The molecule has 0 aromatic heterocycles. The van der Waals surface area contributed by atoms with E-state index in [-0.39, 0.29) is 6.61 Å². The maximum Gasteiger partial charge on any atom is 0.200 e. The number of ether oxygens (including phenoxy) is 1. The molecule has 9 heteroatoms. The van der Waals surface area contributed by atoms with Gasteiger partial charge in [0, 0.05) is 5.02 Å². The minimum atomic E-state index is -2.24. The van der Waals surface area contributed by atoms with Crippen LogP contribution in [0.5, 0.6) is 5.75 Å². The van der Waals surface area contributed by atoms with Gasteiger partial charge < -0.3 is 4.74 Å². The summed E-state index contributed by atoms with van der Waals surface area (Å²) in [5.41, 5.74) is 1.96. The number of nitrogens with zero attached hydrogens (tertiary/aromatic N) is 1. The first-order valence-corrected chi connectivity index (χ1v) is 8.52. The first-order valence-electron chi connectivity index (χ1n) is 8.14. The zero-order chi connectivity index (χ0) is 21.0. The van der Waals surface area contributed by atoms with Crippen LogP contribution in [0.25, 0.3) is 0 Å². The van der Waals surface area contributed by atoms with Crippen LogP contribution in [-0.4, -0.2) is 6.21 Å². The fourth-order valence-corrected chi connectivity index (χ4v) is 2.43. The Morgan fingerprint density at radius 2 is 1.48 bits per heavy atom. The van der Waals surface area contributed by atoms with Gasteiger partial charge in [-0.15, -0.1) is 0 Å². The molecule has 0 spiro atoms. The first kappa shape index (κ1) is 20.6. The molecule has 3 rings (SSSR count). The lowest BCUT2D eigenvalue weighted by atomic mass is 10.2. The van der Waals surface area contributed by atoms with Crippen molar-refractivity contribution in [3.8, 4) is 5.75 Å². The number of nitrogens with one attached hydrogen (secondary N) is 1. The van der Waals surface area contributed by atoms with E-state index in [1.165, 1.54) is 0 Å². The minimum Gasteiger partial charge on any atom is -0.489 e. The molecular formula is C20H12ClF5N2O. The van der Waals surface area contributed by atoms with Gasteiger partial charge in [0.1, 0.15) is 18.0 Å². The predicted molar refractivity (Wildman–Crippen MR) is 99.7 cm³/mol. The van der Waals surface area contributed by atoms with Crippen molar-refractivity contribution in [3.05, 3.63) is 93.8 Å². The number of hydrogen-bond acceptors (Lipinski definition) is 3. The van der Waals surface area contributed by atoms with Crippen LogP contribution in [0.3, 0.4) is 0 Å². The highest BCUT2D eigenvalue weighted by atomic mass is 35.5. The van der Waals surface area contributed by atoms with E-state index in [0.29, 0.717) is 16.3 Å². The number of hydrogen-bond donors (Lipinski definition) is 1. The van der Waals surface area contributed by atoms with Gasteiger partial charge >= 0.3 is 0 Å². The average molecular weight is 427 g/mol. The number of rotatable bonds is 6. The van der Waals surface area contributed by atoms with Crippen molar-refractivity contribution < 1.29 is 26.7 Å². The molecule has 0 heterocycles. The molecule has 3 aromatic carbocycles. The molecule has 1 N–H and O–H groups in total. The van der Waals surface area contributed by atoms with Crippen molar-refractivity contribution >= 4 is 23.5 Å². The molecule has 0 aliphatic carbocycles. The summed E-state index contributed by atoms with van der Waals surface area (Å²) in [6, 6.07) is 13.6. The van der Waals surface area contributed by atoms with Crippen molar-refractivity contribution in [2.75, 3.05) is 5.43 Å². The van der Waals surface area contributed by atoms with E-state index in [1.807, 2.05) is 17.6 Å². The number of halogens is 6. The Balaban J connectivity index is 1.69. The molecule has 0 bridgehead atoms. The molecule has 0 unspecified atom stereocenters. The molecule has 3 nitrogen and oxygen atoms in total. The lowest BCUT2D eigenvalue weighted by molar-refractivity contribution is 0.306. The second-order valence-electron chi connectivity index (χ2n) is 5.80. The zero-order valence-electron chi connectivity index (χ0n) is 14.5. The number of hydrazone groups is 1. The second kappa shape index (κ2) is 8.91. The van der Waals surface area contributed by atoms with Gasteiger partial charge in [-0.3, -0.25) is 5.43 Å². The van der Waals surface area contributed by atoms with Crippen molar-refractivity contribution in [2.24, 2.45) is 5.10 Å². The molecule has 0 aliphatic rings. The van der Waals surface area contributed by atoms with Crippen LogP contribution in [0.1, 0.15) is 11.1 Å². The Bertz CT molecular complexity index is 1030. The normalized spacial score (nSPS) is 11.1. The van der Waals surface area contributed by atoms with E-state index in [4.69, 9.17) is 16.3 Å². The lowest BCUT2D eigenvalue weighted by Crippen LogP contribution is -2.06. The smallest absolute Gasteiger partial charge is 0.200 e. The Hall–Kier alpha value is -3.13. The molecule has 0 radical (unpaired) electrons. The van der Waals surface area contributed by atoms with Crippen molar-refractivity contribution in [2.45, 2.75) is 6.61 Å². The van der Waals surface area contributed by atoms with Gasteiger partial charge in [0.2, 0.25) is 5.82 Å². The lowest BCUT2D eigenvalue weighted by Gasteiger charge is -2.08. The third-order valence-electron chi connectivity index (χ3n) is 3.78. The highest BCUT2D eigenvalue weighted by Crippen LogP contribution is 2.27. The van der Waals surface area contributed by atoms with E-state index in [0.717, 1.165) is 11.8 Å². The highest BCUT2D eigenvalue weighted by molar-refractivity contribution is 6.30. The van der Waals surface area contributed by atoms with E-state index in [2.05, 4.69) is 5.10 Å². The molecule has 29 heavy (non-hydrogen) atoms. The van der Waals surface area contributed by atoms with Crippen LogP contribution in [-0.2, 0) is 6.61 Å². The molecule has 0 atom stereocenters. The van der Waals surface area contributed by atoms with Gasteiger partial charge in [-0.2, -0.15) is 5.10 Å². The number of benzene rings is 3. The molecular weight excluding hydrogens is 415 g/mol. The summed E-state index contributed by atoms with van der Waals surface area (Å²) in [4.78, 5) is 0. The van der Waals surface area contributed by atoms with Gasteiger partial charge in [0.25, 0.3) is 0 Å². The van der Waals surface area contributed by atoms with Gasteiger partial charge in [0.05, 0.1) is 6.21 Å².